The van der Waals surface area contributed by atoms with E-state index in [1.807, 2.05) is 11.9 Å². The lowest BCUT2D eigenvalue weighted by atomic mass is 10.3. The van der Waals surface area contributed by atoms with Crippen LogP contribution in [0.2, 0.25) is 0 Å². The van der Waals surface area contributed by atoms with Crippen LogP contribution in [-0.4, -0.2) is 28.0 Å². The SMILES string of the molecule is CC(CBr)N(C)c1nccn(C2CC2)c1=O. The minimum Gasteiger partial charge on any atom is -0.352 e. The van der Waals surface area contributed by atoms with Crippen LogP contribution in [0, 0.1) is 0 Å². The Balaban J connectivity index is 2.33. The van der Waals surface area contributed by atoms with Crippen molar-refractivity contribution in [2.24, 2.45) is 0 Å². The average Bonchev–Trinajstić information content (AvgIpc) is 3.11. The predicted molar refractivity (Wildman–Crippen MR) is 68.4 cm³/mol. The molecule has 0 spiro atoms. The summed E-state index contributed by atoms with van der Waals surface area (Å²) in [6, 6.07) is 0.664. The van der Waals surface area contributed by atoms with E-state index in [2.05, 4.69) is 27.8 Å². The number of alkyl halides is 1. The lowest BCUT2D eigenvalue weighted by Crippen LogP contribution is -2.37. The summed E-state index contributed by atoms with van der Waals surface area (Å²) in [4.78, 5) is 18.3. The zero-order valence-electron chi connectivity index (χ0n) is 9.56. The number of halogens is 1. The van der Waals surface area contributed by atoms with Crippen molar-refractivity contribution in [1.29, 1.82) is 0 Å². The van der Waals surface area contributed by atoms with Crippen LogP contribution in [0.5, 0.6) is 0 Å². The molecule has 2 rings (SSSR count). The molecule has 1 unspecified atom stereocenters. The second-order valence-corrected chi connectivity index (χ2v) is 4.96. The molecule has 0 saturated heterocycles. The molecule has 0 bridgehead atoms. The normalized spacial score (nSPS) is 17.2. The number of rotatable bonds is 4. The van der Waals surface area contributed by atoms with Gasteiger partial charge in [0.2, 0.25) is 0 Å². The molecule has 1 aromatic rings. The van der Waals surface area contributed by atoms with Crippen LogP contribution < -0.4 is 10.5 Å². The van der Waals surface area contributed by atoms with E-state index in [9.17, 15) is 4.79 Å². The first-order chi connectivity index (χ1) is 7.65. The van der Waals surface area contributed by atoms with Crippen molar-refractivity contribution < 1.29 is 0 Å². The maximum atomic E-state index is 12.2. The van der Waals surface area contributed by atoms with Crippen LogP contribution in [0.1, 0.15) is 25.8 Å². The van der Waals surface area contributed by atoms with E-state index in [4.69, 9.17) is 0 Å². The van der Waals surface area contributed by atoms with Crippen LogP contribution in [0.3, 0.4) is 0 Å². The monoisotopic (exact) mass is 285 g/mol. The summed E-state index contributed by atoms with van der Waals surface area (Å²) in [5.74, 6) is 0.543. The Kier molecular flexibility index (Phi) is 3.33. The molecule has 1 aliphatic carbocycles. The highest BCUT2D eigenvalue weighted by Gasteiger charge is 2.26. The highest BCUT2D eigenvalue weighted by molar-refractivity contribution is 9.09. The summed E-state index contributed by atoms with van der Waals surface area (Å²) in [7, 11) is 1.91. The molecule has 5 heteroatoms. The van der Waals surface area contributed by atoms with Crippen LogP contribution in [0.4, 0.5) is 5.82 Å². The van der Waals surface area contributed by atoms with Gasteiger partial charge in [-0.05, 0) is 19.8 Å². The van der Waals surface area contributed by atoms with E-state index in [0.29, 0.717) is 11.9 Å². The van der Waals surface area contributed by atoms with E-state index in [0.717, 1.165) is 18.2 Å². The van der Waals surface area contributed by atoms with Gasteiger partial charge in [0, 0.05) is 36.9 Å². The van der Waals surface area contributed by atoms with Gasteiger partial charge < -0.3 is 9.47 Å². The Labute approximate surface area is 103 Å². The van der Waals surface area contributed by atoms with Crippen molar-refractivity contribution in [2.45, 2.75) is 31.8 Å². The number of hydrogen-bond acceptors (Lipinski definition) is 3. The fourth-order valence-electron chi connectivity index (χ4n) is 1.61. The van der Waals surface area contributed by atoms with Gasteiger partial charge in [0.25, 0.3) is 5.56 Å². The lowest BCUT2D eigenvalue weighted by Gasteiger charge is -2.23. The molecule has 1 heterocycles. The Morgan fingerprint density at radius 2 is 2.38 bits per heavy atom. The molecule has 0 N–H and O–H groups in total. The summed E-state index contributed by atoms with van der Waals surface area (Å²) in [5, 5.41) is 0.822. The van der Waals surface area contributed by atoms with Crippen LogP contribution in [-0.2, 0) is 0 Å². The largest absolute Gasteiger partial charge is 0.352 e. The van der Waals surface area contributed by atoms with Crippen LogP contribution in [0.15, 0.2) is 17.2 Å². The van der Waals surface area contributed by atoms with Crippen molar-refractivity contribution >= 4 is 21.7 Å². The zero-order valence-corrected chi connectivity index (χ0v) is 11.1. The quantitative estimate of drug-likeness (QED) is 0.792. The average molecular weight is 286 g/mol. The van der Waals surface area contributed by atoms with Crippen molar-refractivity contribution in [3.63, 3.8) is 0 Å². The van der Waals surface area contributed by atoms with Crippen molar-refractivity contribution in [3.8, 4) is 0 Å². The van der Waals surface area contributed by atoms with Gasteiger partial charge in [0.1, 0.15) is 0 Å². The van der Waals surface area contributed by atoms with E-state index >= 15 is 0 Å². The highest BCUT2D eigenvalue weighted by Crippen LogP contribution is 2.33. The van der Waals surface area contributed by atoms with Crippen molar-refractivity contribution in [1.82, 2.24) is 9.55 Å². The maximum absolute atomic E-state index is 12.2. The Morgan fingerprint density at radius 3 is 2.94 bits per heavy atom. The first kappa shape index (κ1) is 11.6. The van der Waals surface area contributed by atoms with Gasteiger partial charge in [-0.1, -0.05) is 15.9 Å². The summed E-state index contributed by atoms with van der Waals surface area (Å²) >= 11 is 3.42. The molecule has 1 fully saturated rings. The molecule has 16 heavy (non-hydrogen) atoms. The minimum atomic E-state index is 0.0281. The van der Waals surface area contributed by atoms with Crippen LogP contribution in [0.25, 0.3) is 0 Å². The smallest absolute Gasteiger partial charge is 0.293 e. The number of nitrogens with zero attached hydrogens (tertiary/aromatic N) is 3. The molecule has 0 aromatic carbocycles. The molecule has 0 aliphatic heterocycles. The standard InChI is InChI=1S/C11H16BrN3O/c1-8(7-12)14(2)10-11(16)15(6-5-13-10)9-3-4-9/h5-6,8-9H,3-4,7H2,1-2H3. The number of hydrogen-bond donors (Lipinski definition) is 0. The Bertz CT molecular complexity index is 427. The van der Waals surface area contributed by atoms with Crippen molar-refractivity contribution in [2.75, 3.05) is 17.3 Å². The number of anilines is 1. The van der Waals surface area contributed by atoms with E-state index in [1.54, 1.807) is 17.0 Å². The van der Waals surface area contributed by atoms with E-state index < -0.39 is 0 Å². The fourth-order valence-corrected chi connectivity index (χ4v) is 2.04. The van der Waals surface area contributed by atoms with Crippen LogP contribution >= 0.6 is 15.9 Å². The zero-order chi connectivity index (χ0) is 11.7. The lowest BCUT2D eigenvalue weighted by molar-refractivity contribution is 0.676. The van der Waals surface area contributed by atoms with E-state index in [1.165, 1.54) is 0 Å². The first-order valence-electron chi connectivity index (χ1n) is 5.51. The highest BCUT2D eigenvalue weighted by atomic mass is 79.9. The third-order valence-electron chi connectivity index (χ3n) is 3.01. The minimum absolute atomic E-state index is 0.0281. The predicted octanol–water partition coefficient (Wildman–Crippen LogP) is 1.80. The molecule has 1 aromatic heterocycles. The topological polar surface area (TPSA) is 38.1 Å². The van der Waals surface area contributed by atoms with Gasteiger partial charge >= 0.3 is 0 Å². The molecule has 0 radical (unpaired) electrons. The van der Waals surface area contributed by atoms with Gasteiger partial charge in [-0.2, -0.15) is 0 Å². The van der Waals surface area contributed by atoms with Gasteiger partial charge in [0.05, 0.1) is 0 Å². The third-order valence-corrected chi connectivity index (χ3v) is 3.95. The third kappa shape index (κ3) is 2.14. The molecule has 4 nitrogen and oxygen atoms in total. The van der Waals surface area contributed by atoms with Gasteiger partial charge in [0.15, 0.2) is 5.82 Å². The molecule has 1 atom stereocenters. The van der Waals surface area contributed by atoms with Gasteiger partial charge in [-0.15, -0.1) is 0 Å². The number of aromatic nitrogens is 2. The molecular formula is C11H16BrN3O. The molecule has 0 amide bonds. The molecule has 88 valence electrons. The second-order valence-electron chi connectivity index (χ2n) is 4.31. The summed E-state index contributed by atoms with van der Waals surface area (Å²) in [6.45, 7) is 2.06. The second kappa shape index (κ2) is 4.57. The van der Waals surface area contributed by atoms with Gasteiger partial charge in [-0.3, -0.25) is 4.79 Å². The van der Waals surface area contributed by atoms with Crippen molar-refractivity contribution in [3.05, 3.63) is 22.7 Å². The molecule has 1 aliphatic rings. The Hall–Kier alpha value is -0.840. The summed E-state index contributed by atoms with van der Waals surface area (Å²) in [5.41, 5.74) is 0.0281. The fraction of sp³-hybridized carbons (Fsp3) is 0.636. The summed E-state index contributed by atoms with van der Waals surface area (Å²) < 4.78 is 1.81. The van der Waals surface area contributed by atoms with E-state index in [-0.39, 0.29) is 11.6 Å². The summed E-state index contributed by atoms with van der Waals surface area (Å²) in [6.07, 6.45) is 5.73. The maximum Gasteiger partial charge on any atom is 0.293 e. The Morgan fingerprint density at radius 1 is 1.69 bits per heavy atom. The first-order valence-corrected chi connectivity index (χ1v) is 6.63. The van der Waals surface area contributed by atoms with Gasteiger partial charge in [-0.25, -0.2) is 4.98 Å². The molecular weight excluding hydrogens is 270 g/mol. The molecule has 1 saturated carbocycles.